The highest BCUT2D eigenvalue weighted by atomic mass is 79.9. The molecule has 6 heteroatoms. The van der Waals surface area contributed by atoms with Gasteiger partial charge < -0.3 is 10.0 Å². The molecule has 2 rings (SSSR count). The predicted octanol–water partition coefficient (Wildman–Crippen LogP) is 3.34. The molecule has 1 aromatic rings. The van der Waals surface area contributed by atoms with Crippen molar-refractivity contribution < 1.29 is 10.0 Å². The lowest BCUT2D eigenvalue weighted by Crippen LogP contribution is -2.36. The summed E-state index contributed by atoms with van der Waals surface area (Å²) < 4.78 is 0.713. The van der Waals surface area contributed by atoms with Crippen LogP contribution < -0.4 is 4.90 Å². The minimum atomic E-state index is -0.337. The molecule has 1 aromatic carbocycles. The van der Waals surface area contributed by atoms with E-state index in [0.29, 0.717) is 22.1 Å². The van der Waals surface area contributed by atoms with Crippen molar-refractivity contribution in [3.8, 4) is 0 Å². The van der Waals surface area contributed by atoms with Crippen molar-refractivity contribution in [2.24, 2.45) is 5.92 Å². The molecule has 0 atom stereocenters. The summed E-state index contributed by atoms with van der Waals surface area (Å²) in [5.74, 6) is 0.388. The number of aliphatic hydroxyl groups is 1. The first-order valence-corrected chi connectivity index (χ1v) is 7.60. The Kier molecular flexibility index (Phi) is 4.99. The van der Waals surface area contributed by atoms with E-state index in [2.05, 4.69) is 15.9 Å². The summed E-state index contributed by atoms with van der Waals surface area (Å²) in [6.07, 6.45) is 3.90. The summed E-state index contributed by atoms with van der Waals surface area (Å²) in [6.45, 7) is 0.245. The quantitative estimate of drug-likeness (QED) is 0.673. The maximum atomic E-state index is 11.2. The van der Waals surface area contributed by atoms with E-state index >= 15 is 0 Å². The highest BCUT2D eigenvalue weighted by molar-refractivity contribution is 9.10. The highest BCUT2D eigenvalue weighted by Gasteiger charge is 2.27. The van der Waals surface area contributed by atoms with Crippen LogP contribution >= 0.6 is 15.9 Å². The van der Waals surface area contributed by atoms with Gasteiger partial charge in [-0.05, 0) is 43.7 Å². The first-order chi connectivity index (χ1) is 9.52. The van der Waals surface area contributed by atoms with Crippen LogP contribution in [0.4, 0.5) is 11.4 Å². The summed E-state index contributed by atoms with van der Waals surface area (Å²) in [5, 5.41) is 20.4. The van der Waals surface area contributed by atoms with Crippen LogP contribution in [0.2, 0.25) is 0 Å². The van der Waals surface area contributed by atoms with Gasteiger partial charge in [-0.15, -0.1) is 0 Å². The van der Waals surface area contributed by atoms with E-state index in [-0.39, 0.29) is 17.2 Å². The van der Waals surface area contributed by atoms with Crippen LogP contribution in [0.25, 0.3) is 0 Å². The van der Waals surface area contributed by atoms with E-state index < -0.39 is 0 Å². The number of rotatable bonds is 4. The van der Waals surface area contributed by atoms with Gasteiger partial charge in [0.15, 0.2) is 0 Å². The van der Waals surface area contributed by atoms with Crippen LogP contribution in [0.5, 0.6) is 0 Å². The number of benzene rings is 1. The molecule has 0 aliphatic heterocycles. The van der Waals surface area contributed by atoms with Gasteiger partial charge in [0.2, 0.25) is 0 Å². The van der Waals surface area contributed by atoms with Crippen molar-refractivity contribution in [2.75, 3.05) is 18.6 Å². The molecule has 0 amide bonds. The first-order valence-electron chi connectivity index (χ1n) is 6.80. The van der Waals surface area contributed by atoms with Crippen molar-refractivity contribution in [1.29, 1.82) is 0 Å². The molecule has 1 N–H and O–H groups in total. The fraction of sp³-hybridized carbons (Fsp3) is 0.571. The molecule has 0 aromatic heterocycles. The Labute approximate surface area is 126 Å². The first kappa shape index (κ1) is 15.3. The van der Waals surface area contributed by atoms with Gasteiger partial charge in [0.05, 0.1) is 4.92 Å². The maximum Gasteiger partial charge on any atom is 0.293 e. The number of anilines is 1. The van der Waals surface area contributed by atoms with Gasteiger partial charge in [0.25, 0.3) is 5.69 Å². The van der Waals surface area contributed by atoms with E-state index in [1.54, 1.807) is 12.1 Å². The number of nitrogens with zero attached hydrogens (tertiary/aromatic N) is 2. The van der Waals surface area contributed by atoms with E-state index in [1.807, 2.05) is 18.0 Å². The topological polar surface area (TPSA) is 66.6 Å². The third-order valence-electron chi connectivity index (χ3n) is 4.14. The predicted molar refractivity (Wildman–Crippen MR) is 82.0 cm³/mol. The maximum absolute atomic E-state index is 11.2. The minimum absolute atomic E-state index is 0.131. The average molecular weight is 343 g/mol. The molecule has 1 fully saturated rings. The molecular formula is C14H19BrN2O3. The molecule has 110 valence electrons. The van der Waals surface area contributed by atoms with Crippen molar-refractivity contribution in [1.82, 2.24) is 0 Å². The van der Waals surface area contributed by atoms with Crippen LogP contribution in [0.15, 0.2) is 22.7 Å². The largest absolute Gasteiger partial charge is 0.396 e. The van der Waals surface area contributed by atoms with Gasteiger partial charge in [0.1, 0.15) is 5.69 Å². The molecule has 0 bridgehead atoms. The van der Waals surface area contributed by atoms with Crippen LogP contribution in [0.1, 0.15) is 25.7 Å². The van der Waals surface area contributed by atoms with Crippen molar-refractivity contribution in [2.45, 2.75) is 31.7 Å². The number of halogens is 1. The molecule has 0 heterocycles. The fourth-order valence-corrected chi connectivity index (χ4v) is 3.20. The third kappa shape index (κ3) is 3.30. The van der Waals surface area contributed by atoms with Gasteiger partial charge in [-0.2, -0.15) is 0 Å². The Morgan fingerprint density at radius 1 is 1.40 bits per heavy atom. The molecule has 1 aliphatic carbocycles. The number of nitro groups is 1. The number of hydrogen-bond acceptors (Lipinski definition) is 4. The van der Waals surface area contributed by atoms with E-state index in [1.165, 1.54) is 0 Å². The Bertz CT molecular complexity index is 487. The molecule has 0 spiro atoms. The zero-order valence-electron chi connectivity index (χ0n) is 11.5. The second kappa shape index (κ2) is 6.54. The van der Waals surface area contributed by atoms with Crippen molar-refractivity contribution >= 4 is 27.3 Å². The number of nitro benzene ring substituents is 1. The van der Waals surface area contributed by atoms with E-state index in [4.69, 9.17) is 0 Å². The zero-order valence-corrected chi connectivity index (χ0v) is 13.0. The highest BCUT2D eigenvalue weighted by Crippen LogP contribution is 2.35. The summed E-state index contributed by atoms with van der Waals surface area (Å²) in [7, 11) is 1.92. The van der Waals surface area contributed by atoms with Crippen LogP contribution in [0.3, 0.4) is 0 Å². The molecule has 5 nitrogen and oxygen atoms in total. The van der Waals surface area contributed by atoms with Gasteiger partial charge >= 0.3 is 0 Å². The summed E-state index contributed by atoms with van der Waals surface area (Å²) in [4.78, 5) is 12.9. The van der Waals surface area contributed by atoms with Crippen LogP contribution in [-0.4, -0.2) is 29.7 Å². The third-order valence-corrected chi connectivity index (χ3v) is 4.63. The van der Waals surface area contributed by atoms with Gasteiger partial charge in [-0.3, -0.25) is 10.1 Å². The zero-order chi connectivity index (χ0) is 14.7. The van der Waals surface area contributed by atoms with Crippen molar-refractivity contribution in [3.63, 3.8) is 0 Å². The monoisotopic (exact) mass is 342 g/mol. The minimum Gasteiger partial charge on any atom is -0.396 e. The molecule has 20 heavy (non-hydrogen) atoms. The summed E-state index contributed by atoms with van der Waals surface area (Å²) >= 11 is 3.28. The van der Waals surface area contributed by atoms with Gasteiger partial charge in [-0.25, -0.2) is 0 Å². The molecule has 1 aliphatic rings. The second-order valence-electron chi connectivity index (χ2n) is 5.36. The second-order valence-corrected chi connectivity index (χ2v) is 6.27. The smallest absolute Gasteiger partial charge is 0.293 e. The Balaban J connectivity index is 2.17. The lowest BCUT2D eigenvalue weighted by Gasteiger charge is -2.35. The van der Waals surface area contributed by atoms with E-state index in [9.17, 15) is 15.2 Å². The fourth-order valence-electron chi connectivity index (χ4n) is 2.85. The summed E-state index contributed by atoms with van der Waals surface area (Å²) in [5.41, 5.74) is 0.789. The van der Waals surface area contributed by atoms with E-state index in [0.717, 1.165) is 25.7 Å². The molecule has 1 saturated carbocycles. The average Bonchev–Trinajstić information content (AvgIpc) is 2.46. The normalized spacial score (nSPS) is 22.6. The van der Waals surface area contributed by atoms with Gasteiger partial charge in [0, 0.05) is 30.2 Å². The molecule has 0 unspecified atom stereocenters. The lowest BCUT2D eigenvalue weighted by molar-refractivity contribution is -0.384. The van der Waals surface area contributed by atoms with Gasteiger partial charge in [-0.1, -0.05) is 15.9 Å². The molecule has 0 radical (unpaired) electrons. The Morgan fingerprint density at radius 2 is 2.05 bits per heavy atom. The lowest BCUT2D eigenvalue weighted by atomic mass is 9.86. The Hall–Kier alpha value is -1.14. The Morgan fingerprint density at radius 3 is 2.60 bits per heavy atom. The standard InChI is InChI=1S/C14H19BrN2O3/c1-16(12-5-2-10(9-18)3-6-12)13-7-4-11(15)8-14(13)17(19)20/h4,7-8,10,12,18H,2-3,5-6,9H2,1H3. The molecular weight excluding hydrogens is 324 g/mol. The number of aliphatic hydroxyl groups excluding tert-OH is 1. The summed E-state index contributed by atoms with van der Waals surface area (Å²) in [6, 6.07) is 5.47. The van der Waals surface area contributed by atoms with Crippen molar-refractivity contribution in [3.05, 3.63) is 32.8 Å². The number of hydrogen-bond donors (Lipinski definition) is 1. The molecule has 0 saturated heterocycles. The van der Waals surface area contributed by atoms with Crippen LogP contribution in [-0.2, 0) is 0 Å². The SMILES string of the molecule is CN(c1ccc(Br)cc1[N+](=O)[O-])C1CCC(CO)CC1. The van der Waals surface area contributed by atoms with Crippen LogP contribution in [0, 0.1) is 16.0 Å².